The van der Waals surface area contributed by atoms with Crippen molar-refractivity contribution in [3.63, 3.8) is 0 Å². The second-order valence-electron chi connectivity index (χ2n) is 5.56. The van der Waals surface area contributed by atoms with Crippen LogP contribution in [0.3, 0.4) is 0 Å². The van der Waals surface area contributed by atoms with Gasteiger partial charge in [-0.2, -0.15) is 0 Å². The molecule has 0 aliphatic carbocycles. The van der Waals surface area contributed by atoms with Crippen molar-refractivity contribution in [2.45, 2.75) is 26.3 Å². The first-order chi connectivity index (χ1) is 11.5. The lowest BCUT2D eigenvalue weighted by Crippen LogP contribution is -2.36. The van der Waals surface area contributed by atoms with Gasteiger partial charge >= 0.3 is 0 Å². The quantitative estimate of drug-likeness (QED) is 0.770. The molecule has 1 aliphatic rings. The van der Waals surface area contributed by atoms with Gasteiger partial charge in [-0.25, -0.2) is 4.39 Å². The van der Waals surface area contributed by atoms with Crippen LogP contribution in [0.4, 0.5) is 9.18 Å². The third kappa shape index (κ3) is 2.89. The van der Waals surface area contributed by atoms with Gasteiger partial charge in [0.15, 0.2) is 0 Å². The van der Waals surface area contributed by atoms with Crippen LogP contribution in [0.25, 0.3) is 11.8 Å². The number of imide groups is 1. The van der Waals surface area contributed by atoms with Gasteiger partial charge in [0.25, 0.3) is 11.1 Å². The SMILES string of the molecule is CC[C@H](C)N1C(=O)S/C(=C\c2cccn2-c2ccccc2F)C1=O. The molecule has 3 rings (SSSR count). The Bertz CT molecular complexity index is 828. The molecular weight excluding hydrogens is 327 g/mol. The number of rotatable bonds is 4. The summed E-state index contributed by atoms with van der Waals surface area (Å²) in [5.41, 5.74) is 1.05. The van der Waals surface area contributed by atoms with E-state index in [0.29, 0.717) is 22.7 Å². The Morgan fingerprint density at radius 2 is 1.96 bits per heavy atom. The number of carbonyl (C=O) groups excluding carboxylic acids is 2. The molecule has 0 spiro atoms. The minimum Gasteiger partial charge on any atom is -0.314 e. The lowest BCUT2D eigenvalue weighted by atomic mass is 10.2. The zero-order chi connectivity index (χ0) is 17.3. The monoisotopic (exact) mass is 344 g/mol. The summed E-state index contributed by atoms with van der Waals surface area (Å²) in [5, 5.41) is -0.260. The van der Waals surface area contributed by atoms with E-state index in [1.807, 2.05) is 13.8 Å². The molecule has 1 aliphatic heterocycles. The highest BCUT2D eigenvalue weighted by atomic mass is 32.2. The molecule has 1 saturated heterocycles. The van der Waals surface area contributed by atoms with E-state index in [4.69, 9.17) is 0 Å². The molecule has 1 atom stereocenters. The van der Waals surface area contributed by atoms with Gasteiger partial charge in [-0.1, -0.05) is 19.1 Å². The van der Waals surface area contributed by atoms with Gasteiger partial charge in [0, 0.05) is 17.9 Å². The minimum atomic E-state index is -0.351. The molecule has 1 aromatic heterocycles. The molecule has 124 valence electrons. The Labute approximate surface area is 144 Å². The summed E-state index contributed by atoms with van der Waals surface area (Å²) in [4.78, 5) is 26.2. The highest BCUT2D eigenvalue weighted by Gasteiger charge is 2.37. The molecular formula is C18H17FN2O2S. The number of carbonyl (C=O) groups is 2. The van der Waals surface area contributed by atoms with Crippen molar-refractivity contribution in [2.24, 2.45) is 0 Å². The third-order valence-electron chi connectivity index (χ3n) is 4.03. The summed E-state index contributed by atoms with van der Waals surface area (Å²) < 4.78 is 15.7. The summed E-state index contributed by atoms with van der Waals surface area (Å²) in [5.74, 6) is -0.642. The number of hydrogen-bond donors (Lipinski definition) is 0. The number of para-hydroxylation sites is 1. The molecule has 0 radical (unpaired) electrons. The second-order valence-corrected chi connectivity index (χ2v) is 6.56. The predicted molar refractivity (Wildman–Crippen MR) is 93.3 cm³/mol. The van der Waals surface area contributed by atoms with Crippen molar-refractivity contribution >= 4 is 29.0 Å². The first-order valence-electron chi connectivity index (χ1n) is 7.72. The van der Waals surface area contributed by atoms with E-state index >= 15 is 0 Å². The van der Waals surface area contributed by atoms with Gasteiger partial charge in [0.2, 0.25) is 0 Å². The van der Waals surface area contributed by atoms with Crippen molar-refractivity contribution in [1.82, 2.24) is 9.47 Å². The van der Waals surface area contributed by atoms with Gasteiger partial charge in [0.1, 0.15) is 5.82 Å². The van der Waals surface area contributed by atoms with Gasteiger partial charge in [0.05, 0.1) is 10.6 Å². The molecule has 2 aromatic rings. The molecule has 1 fully saturated rings. The normalized spacial score (nSPS) is 17.8. The zero-order valence-corrected chi connectivity index (χ0v) is 14.2. The zero-order valence-electron chi connectivity index (χ0n) is 13.4. The van der Waals surface area contributed by atoms with Gasteiger partial charge < -0.3 is 4.57 Å². The second kappa shape index (κ2) is 6.65. The molecule has 4 nitrogen and oxygen atoms in total. The fourth-order valence-corrected chi connectivity index (χ4v) is 3.47. The summed E-state index contributed by atoms with van der Waals surface area (Å²) in [6.45, 7) is 3.78. The molecule has 6 heteroatoms. The molecule has 24 heavy (non-hydrogen) atoms. The first kappa shape index (κ1) is 16.5. The Hall–Kier alpha value is -2.34. The maximum atomic E-state index is 14.0. The summed E-state index contributed by atoms with van der Waals surface area (Å²) in [6.07, 6.45) is 4.07. The molecule has 2 amide bonds. The maximum absolute atomic E-state index is 14.0. The highest BCUT2D eigenvalue weighted by Crippen LogP contribution is 2.34. The Balaban J connectivity index is 1.97. The largest absolute Gasteiger partial charge is 0.314 e. The molecule has 0 N–H and O–H groups in total. The fraction of sp³-hybridized carbons (Fsp3) is 0.222. The maximum Gasteiger partial charge on any atom is 0.293 e. The number of nitrogens with zero attached hydrogens (tertiary/aromatic N) is 2. The summed E-state index contributed by atoms with van der Waals surface area (Å²) >= 11 is 0.923. The van der Waals surface area contributed by atoms with E-state index < -0.39 is 0 Å². The van der Waals surface area contributed by atoms with E-state index in [0.717, 1.165) is 11.8 Å². The number of thioether (sulfide) groups is 1. The van der Waals surface area contributed by atoms with E-state index in [-0.39, 0.29) is 23.0 Å². The van der Waals surface area contributed by atoms with Gasteiger partial charge in [-0.3, -0.25) is 14.5 Å². The van der Waals surface area contributed by atoms with E-state index in [9.17, 15) is 14.0 Å². The number of halogens is 1. The smallest absolute Gasteiger partial charge is 0.293 e. The van der Waals surface area contributed by atoms with Crippen LogP contribution in [0.1, 0.15) is 26.0 Å². The van der Waals surface area contributed by atoms with E-state index in [1.54, 1.807) is 47.2 Å². The minimum absolute atomic E-state index is 0.137. The highest BCUT2D eigenvalue weighted by molar-refractivity contribution is 8.18. The Morgan fingerprint density at radius 1 is 1.21 bits per heavy atom. The Morgan fingerprint density at radius 3 is 2.67 bits per heavy atom. The number of hydrogen-bond acceptors (Lipinski definition) is 3. The standard InChI is InChI=1S/C18H17FN2O2S/c1-3-12(2)21-17(22)16(24-18(21)23)11-13-7-6-10-20(13)15-9-5-4-8-14(15)19/h4-12H,3H2,1-2H3/b16-11-/t12-/m0/s1. The van der Waals surface area contributed by atoms with Crippen LogP contribution in [0, 0.1) is 5.82 Å². The first-order valence-corrected chi connectivity index (χ1v) is 8.54. The van der Waals surface area contributed by atoms with Crippen molar-refractivity contribution in [1.29, 1.82) is 0 Å². The summed E-state index contributed by atoms with van der Waals surface area (Å²) in [6, 6.07) is 9.84. The van der Waals surface area contributed by atoms with Gasteiger partial charge in [-0.05, 0) is 55.4 Å². The topological polar surface area (TPSA) is 42.3 Å². The average Bonchev–Trinajstić information content (AvgIpc) is 3.12. The summed E-state index contributed by atoms with van der Waals surface area (Å²) in [7, 11) is 0. The molecule has 0 unspecified atom stereocenters. The molecule has 0 saturated carbocycles. The van der Waals surface area contributed by atoms with Crippen LogP contribution in [0.5, 0.6) is 0 Å². The lowest BCUT2D eigenvalue weighted by molar-refractivity contribution is -0.124. The van der Waals surface area contributed by atoms with Crippen LogP contribution in [0.2, 0.25) is 0 Å². The Kier molecular flexibility index (Phi) is 4.57. The van der Waals surface area contributed by atoms with E-state index in [1.165, 1.54) is 11.0 Å². The average molecular weight is 344 g/mol. The van der Waals surface area contributed by atoms with Crippen LogP contribution in [0.15, 0.2) is 47.5 Å². The predicted octanol–water partition coefficient (Wildman–Crippen LogP) is 4.45. The van der Waals surface area contributed by atoms with Crippen LogP contribution in [-0.4, -0.2) is 26.7 Å². The molecule has 0 bridgehead atoms. The lowest BCUT2D eigenvalue weighted by Gasteiger charge is -2.19. The van der Waals surface area contributed by atoms with Crippen LogP contribution >= 0.6 is 11.8 Å². The fourth-order valence-electron chi connectivity index (χ4n) is 2.55. The van der Waals surface area contributed by atoms with Crippen molar-refractivity contribution in [3.8, 4) is 5.69 Å². The van der Waals surface area contributed by atoms with Gasteiger partial charge in [-0.15, -0.1) is 0 Å². The van der Waals surface area contributed by atoms with Crippen molar-refractivity contribution in [3.05, 3.63) is 59.0 Å². The van der Waals surface area contributed by atoms with Crippen LogP contribution in [-0.2, 0) is 4.79 Å². The number of benzene rings is 1. The third-order valence-corrected chi connectivity index (χ3v) is 4.91. The molecule has 1 aromatic carbocycles. The molecule has 2 heterocycles. The number of aromatic nitrogens is 1. The van der Waals surface area contributed by atoms with E-state index in [2.05, 4.69) is 0 Å². The van der Waals surface area contributed by atoms with Crippen molar-refractivity contribution < 1.29 is 14.0 Å². The van der Waals surface area contributed by atoms with Crippen LogP contribution < -0.4 is 0 Å². The number of amides is 2. The van der Waals surface area contributed by atoms with Crippen molar-refractivity contribution in [2.75, 3.05) is 0 Å².